The zero-order chi connectivity index (χ0) is 17.1. The van der Waals surface area contributed by atoms with E-state index in [1.54, 1.807) is 30.4 Å². The SMILES string of the molecule is C=CCN(CC=C)C(=O)/C(C#N)=C\NCCc1ccccc1F. The van der Waals surface area contributed by atoms with Crippen LogP contribution in [0.5, 0.6) is 0 Å². The minimum Gasteiger partial charge on any atom is -0.389 e. The second-order valence-corrected chi connectivity index (χ2v) is 4.75. The highest BCUT2D eigenvalue weighted by atomic mass is 19.1. The Bertz CT molecular complexity index is 621. The lowest BCUT2D eigenvalue weighted by molar-refractivity contribution is -0.125. The number of halogens is 1. The fourth-order valence-corrected chi connectivity index (χ4v) is 1.95. The van der Waals surface area contributed by atoms with Crippen molar-refractivity contribution in [2.24, 2.45) is 0 Å². The second-order valence-electron chi connectivity index (χ2n) is 4.75. The van der Waals surface area contributed by atoms with Gasteiger partial charge >= 0.3 is 0 Å². The van der Waals surface area contributed by atoms with Crippen LogP contribution in [0.1, 0.15) is 5.56 Å². The quantitative estimate of drug-likeness (QED) is 0.330. The molecule has 0 aliphatic rings. The first-order valence-corrected chi connectivity index (χ1v) is 7.22. The van der Waals surface area contributed by atoms with Gasteiger partial charge in [-0.25, -0.2) is 4.39 Å². The molecule has 1 N–H and O–H groups in total. The summed E-state index contributed by atoms with van der Waals surface area (Å²) in [7, 11) is 0. The monoisotopic (exact) mass is 313 g/mol. The zero-order valence-electron chi connectivity index (χ0n) is 13.0. The number of rotatable bonds is 9. The Morgan fingerprint density at radius 2 is 1.96 bits per heavy atom. The summed E-state index contributed by atoms with van der Waals surface area (Å²) in [4.78, 5) is 13.7. The number of carbonyl (C=O) groups is 1. The lowest BCUT2D eigenvalue weighted by Crippen LogP contribution is -2.32. The average Bonchev–Trinajstić information content (AvgIpc) is 2.56. The Labute approximate surface area is 136 Å². The normalized spacial score (nSPS) is 10.5. The molecule has 4 nitrogen and oxygen atoms in total. The molecule has 0 saturated heterocycles. The molecule has 0 unspecified atom stereocenters. The fraction of sp³-hybridized carbons (Fsp3) is 0.222. The van der Waals surface area contributed by atoms with E-state index in [0.29, 0.717) is 31.6 Å². The van der Waals surface area contributed by atoms with Gasteiger partial charge in [-0.05, 0) is 18.1 Å². The molecule has 0 fully saturated rings. The van der Waals surface area contributed by atoms with E-state index in [2.05, 4.69) is 18.5 Å². The van der Waals surface area contributed by atoms with Crippen LogP contribution in [0.3, 0.4) is 0 Å². The molecule has 1 aromatic rings. The molecule has 0 bridgehead atoms. The van der Waals surface area contributed by atoms with E-state index in [0.717, 1.165) is 0 Å². The standard InChI is InChI=1S/C18H20FN3O/c1-3-11-22(12-4-2)18(23)16(13-20)14-21-10-9-15-7-5-6-8-17(15)19/h3-8,14,21H,1-2,9-12H2/b16-14-. The molecule has 5 heteroatoms. The highest BCUT2D eigenvalue weighted by Crippen LogP contribution is 2.06. The molecule has 23 heavy (non-hydrogen) atoms. The first-order chi connectivity index (χ1) is 11.1. The Kier molecular flexibility index (Phi) is 7.87. The highest BCUT2D eigenvalue weighted by molar-refractivity contribution is 5.97. The summed E-state index contributed by atoms with van der Waals surface area (Å²) < 4.78 is 13.5. The lowest BCUT2D eigenvalue weighted by atomic mass is 10.1. The molecule has 0 aliphatic carbocycles. The Hall–Kier alpha value is -2.87. The van der Waals surface area contributed by atoms with Crippen molar-refractivity contribution in [1.82, 2.24) is 10.2 Å². The minimum atomic E-state index is -0.398. The molecular formula is C18H20FN3O. The van der Waals surface area contributed by atoms with Gasteiger partial charge in [-0.15, -0.1) is 13.2 Å². The first-order valence-electron chi connectivity index (χ1n) is 7.22. The summed E-state index contributed by atoms with van der Waals surface area (Å²) in [6.07, 6.45) is 4.99. The van der Waals surface area contributed by atoms with Gasteiger partial charge in [-0.2, -0.15) is 5.26 Å². The van der Waals surface area contributed by atoms with E-state index in [1.807, 2.05) is 6.07 Å². The third kappa shape index (κ3) is 5.79. The van der Waals surface area contributed by atoms with Crippen molar-refractivity contribution in [3.8, 4) is 6.07 Å². The van der Waals surface area contributed by atoms with Gasteiger partial charge in [0.15, 0.2) is 0 Å². The number of hydrogen-bond acceptors (Lipinski definition) is 3. The third-order valence-corrected chi connectivity index (χ3v) is 3.08. The van der Waals surface area contributed by atoms with Crippen LogP contribution in [0.15, 0.2) is 61.3 Å². The van der Waals surface area contributed by atoms with Gasteiger partial charge < -0.3 is 10.2 Å². The topological polar surface area (TPSA) is 56.1 Å². The van der Waals surface area contributed by atoms with Gasteiger partial charge in [0.05, 0.1) is 0 Å². The van der Waals surface area contributed by atoms with Crippen LogP contribution in [0.25, 0.3) is 0 Å². The average molecular weight is 313 g/mol. The number of nitriles is 1. The van der Waals surface area contributed by atoms with Crippen LogP contribution in [0, 0.1) is 17.1 Å². The molecule has 0 aliphatic heterocycles. The zero-order valence-corrected chi connectivity index (χ0v) is 13.0. The maximum atomic E-state index is 13.5. The summed E-state index contributed by atoms with van der Waals surface area (Å²) in [5.41, 5.74) is 0.570. The highest BCUT2D eigenvalue weighted by Gasteiger charge is 2.15. The maximum Gasteiger partial charge on any atom is 0.266 e. The van der Waals surface area contributed by atoms with Crippen molar-refractivity contribution < 1.29 is 9.18 Å². The lowest BCUT2D eigenvalue weighted by Gasteiger charge is -2.18. The predicted octanol–water partition coefficient (Wildman–Crippen LogP) is 2.57. The molecular weight excluding hydrogens is 293 g/mol. The molecule has 0 saturated carbocycles. The summed E-state index contributed by atoms with van der Waals surface area (Å²) >= 11 is 0. The van der Waals surface area contributed by atoms with Crippen molar-refractivity contribution in [2.75, 3.05) is 19.6 Å². The third-order valence-electron chi connectivity index (χ3n) is 3.08. The summed E-state index contributed by atoms with van der Waals surface area (Å²) in [6, 6.07) is 8.37. The number of carbonyl (C=O) groups excluding carboxylic acids is 1. The van der Waals surface area contributed by atoms with Crippen molar-refractivity contribution in [3.05, 3.63) is 72.7 Å². The Balaban J connectivity index is 2.63. The van der Waals surface area contributed by atoms with Crippen LogP contribution in [-0.4, -0.2) is 30.4 Å². The number of hydrogen-bond donors (Lipinski definition) is 1. The molecule has 0 atom stereocenters. The number of amides is 1. The minimum absolute atomic E-state index is 0.0118. The van der Waals surface area contributed by atoms with Gasteiger partial charge in [0.25, 0.3) is 5.91 Å². The van der Waals surface area contributed by atoms with Crippen LogP contribution in [-0.2, 0) is 11.2 Å². The summed E-state index contributed by atoms with van der Waals surface area (Å²) in [6.45, 7) is 8.26. The first kappa shape index (κ1) is 18.2. The van der Waals surface area contributed by atoms with Gasteiger partial charge in [-0.1, -0.05) is 30.4 Å². The Morgan fingerprint density at radius 3 is 2.52 bits per heavy atom. The van der Waals surface area contributed by atoms with E-state index in [1.165, 1.54) is 17.2 Å². The van der Waals surface area contributed by atoms with Crippen molar-refractivity contribution in [2.45, 2.75) is 6.42 Å². The molecule has 0 aromatic heterocycles. The second kappa shape index (κ2) is 9.96. The van der Waals surface area contributed by atoms with Crippen LogP contribution >= 0.6 is 0 Å². The molecule has 1 aromatic carbocycles. The molecule has 0 radical (unpaired) electrons. The van der Waals surface area contributed by atoms with Gasteiger partial charge in [-0.3, -0.25) is 4.79 Å². The van der Waals surface area contributed by atoms with Crippen LogP contribution in [0.4, 0.5) is 4.39 Å². The molecule has 0 spiro atoms. The number of nitrogens with one attached hydrogen (secondary N) is 1. The van der Waals surface area contributed by atoms with Gasteiger partial charge in [0, 0.05) is 25.8 Å². The molecule has 0 heterocycles. The van der Waals surface area contributed by atoms with Crippen LogP contribution < -0.4 is 5.32 Å². The van der Waals surface area contributed by atoms with E-state index in [-0.39, 0.29) is 11.4 Å². The fourth-order valence-electron chi connectivity index (χ4n) is 1.95. The predicted molar refractivity (Wildman–Crippen MR) is 88.8 cm³/mol. The van der Waals surface area contributed by atoms with E-state index in [4.69, 9.17) is 5.26 Å². The summed E-state index contributed by atoms with van der Waals surface area (Å²) in [5, 5.41) is 12.0. The van der Waals surface area contributed by atoms with E-state index in [9.17, 15) is 9.18 Å². The van der Waals surface area contributed by atoms with Gasteiger partial charge in [0.1, 0.15) is 17.5 Å². The smallest absolute Gasteiger partial charge is 0.266 e. The molecule has 120 valence electrons. The van der Waals surface area contributed by atoms with Crippen LogP contribution in [0.2, 0.25) is 0 Å². The Morgan fingerprint density at radius 1 is 1.30 bits per heavy atom. The molecule has 1 rings (SSSR count). The van der Waals surface area contributed by atoms with Crippen molar-refractivity contribution in [3.63, 3.8) is 0 Å². The summed E-state index contributed by atoms with van der Waals surface area (Å²) in [5.74, 6) is -0.663. The number of nitrogens with zero attached hydrogens (tertiary/aromatic N) is 2. The maximum absolute atomic E-state index is 13.5. The largest absolute Gasteiger partial charge is 0.389 e. The van der Waals surface area contributed by atoms with Gasteiger partial charge in [0.2, 0.25) is 0 Å². The van der Waals surface area contributed by atoms with Crippen molar-refractivity contribution >= 4 is 5.91 Å². The van der Waals surface area contributed by atoms with E-state index < -0.39 is 5.91 Å². The van der Waals surface area contributed by atoms with E-state index >= 15 is 0 Å². The number of benzene rings is 1. The molecule has 1 amide bonds. The van der Waals surface area contributed by atoms with Crippen molar-refractivity contribution in [1.29, 1.82) is 5.26 Å².